The van der Waals surface area contributed by atoms with Crippen molar-refractivity contribution in [3.8, 4) is 0 Å². The second-order valence-corrected chi connectivity index (χ2v) is 14.6. The van der Waals surface area contributed by atoms with Crippen LogP contribution in [-0.4, -0.2) is 99.4 Å². The van der Waals surface area contributed by atoms with Gasteiger partial charge in [-0.25, -0.2) is 9.59 Å². The number of carboxylic acids is 1. The molecule has 1 aromatic heterocycles. The van der Waals surface area contributed by atoms with Gasteiger partial charge in [0.15, 0.2) is 5.78 Å². The molecule has 0 saturated carbocycles. The normalized spacial score (nSPS) is 16.2. The van der Waals surface area contributed by atoms with Gasteiger partial charge in [-0.05, 0) is 70.1 Å². The molecule has 3 aromatic rings. The molecule has 1 saturated heterocycles. The fourth-order valence-corrected chi connectivity index (χ4v) is 6.64. The Hall–Kier alpha value is -5.40. The molecule has 14 heteroatoms. The molecule has 53 heavy (non-hydrogen) atoms. The number of primary amides is 1. The number of benzene rings is 2. The number of carbonyl (C=O) groups excluding carboxylic acids is 5. The zero-order valence-corrected chi connectivity index (χ0v) is 30.9. The molecule has 1 fully saturated rings. The number of urea groups is 1. The monoisotopic (exact) mass is 732 g/mol. The van der Waals surface area contributed by atoms with Crippen molar-refractivity contribution in [2.24, 2.45) is 11.7 Å². The lowest BCUT2D eigenvalue weighted by Gasteiger charge is -2.39. The Labute approximate surface area is 309 Å². The summed E-state index contributed by atoms with van der Waals surface area (Å²) in [5.74, 6) is -3.66. The third-order valence-corrected chi connectivity index (χ3v) is 9.42. The minimum atomic E-state index is -1.17. The summed E-state index contributed by atoms with van der Waals surface area (Å²) < 4.78 is 5.61. The highest BCUT2D eigenvalue weighted by Crippen LogP contribution is 2.25. The van der Waals surface area contributed by atoms with Crippen LogP contribution in [0.4, 0.5) is 9.59 Å². The molecule has 0 bridgehead atoms. The van der Waals surface area contributed by atoms with E-state index in [0.29, 0.717) is 19.3 Å². The molecule has 5 amide bonds. The van der Waals surface area contributed by atoms with E-state index in [0.717, 1.165) is 22.0 Å². The third kappa shape index (κ3) is 11.5. The summed E-state index contributed by atoms with van der Waals surface area (Å²) in [6.07, 6.45) is 3.04. The highest BCUT2D eigenvalue weighted by atomic mass is 16.6. The van der Waals surface area contributed by atoms with Crippen molar-refractivity contribution >= 4 is 46.6 Å². The number of fused-ring (bicyclic) bond motifs is 1. The third-order valence-electron chi connectivity index (χ3n) is 9.42. The molecule has 286 valence electrons. The number of amides is 5. The summed E-state index contributed by atoms with van der Waals surface area (Å²) >= 11 is 0. The Morgan fingerprint density at radius 3 is 2.40 bits per heavy atom. The van der Waals surface area contributed by atoms with E-state index in [1.165, 1.54) is 16.8 Å². The first-order chi connectivity index (χ1) is 25.1. The molecule has 14 nitrogen and oxygen atoms in total. The number of hydrogen-bond acceptors (Lipinski definition) is 7. The molecule has 0 spiro atoms. The number of aromatic amines is 1. The molecule has 6 N–H and O–H groups in total. The van der Waals surface area contributed by atoms with Crippen LogP contribution in [0.15, 0.2) is 60.8 Å². The first-order valence-electron chi connectivity index (χ1n) is 18.1. The average molecular weight is 733 g/mol. The molecule has 0 unspecified atom stereocenters. The van der Waals surface area contributed by atoms with E-state index in [4.69, 9.17) is 10.5 Å². The molecule has 0 radical (unpaired) electrons. The van der Waals surface area contributed by atoms with Crippen LogP contribution < -0.4 is 16.4 Å². The number of aromatic nitrogens is 1. The van der Waals surface area contributed by atoms with Gasteiger partial charge < -0.3 is 36.1 Å². The lowest BCUT2D eigenvalue weighted by atomic mass is 9.91. The van der Waals surface area contributed by atoms with Gasteiger partial charge >= 0.3 is 18.1 Å². The smallest absolute Gasteiger partial charge is 0.410 e. The van der Waals surface area contributed by atoms with E-state index in [9.17, 15) is 33.9 Å². The zero-order chi connectivity index (χ0) is 38.7. The van der Waals surface area contributed by atoms with Crippen molar-refractivity contribution < 1.29 is 38.6 Å². The average Bonchev–Trinajstić information content (AvgIpc) is 3.53. The van der Waals surface area contributed by atoms with Gasteiger partial charge in [-0.3, -0.25) is 24.1 Å². The molecule has 4 atom stereocenters. The summed E-state index contributed by atoms with van der Waals surface area (Å²) in [6, 6.07) is 13.1. The molecule has 2 heterocycles. The number of nitrogens with zero attached hydrogens (tertiary/aromatic N) is 2. The van der Waals surface area contributed by atoms with E-state index in [1.54, 1.807) is 27.0 Å². The fraction of sp³-hybridized carbons (Fsp3) is 0.487. The highest BCUT2D eigenvalue weighted by Gasteiger charge is 2.40. The van der Waals surface area contributed by atoms with Gasteiger partial charge in [-0.2, -0.15) is 0 Å². The Morgan fingerprint density at radius 1 is 1.02 bits per heavy atom. The zero-order valence-electron chi connectivity index (χ0n) is 30.9. The fourth-order valence-electron chi connectivity index (χ4n) is 6.64. The van der Waals surface area contributed by atoms with Crippen molar-refractivity contribution in [3.05, 3.63) is 71.9 Å². The number of nitrogens with one attached hydrogen (secondary N) is 3. The Morgan fingerprint density at radius 2 is 1.72 bits per heavy atom. The van der Waals surface area contributed by atoms with Crippen molar-refractivity contribution in [1.82, 2.24) is 25.4 Å². The molecular weight excluding hydrogens is 680 g/mol. The largest absolute Gasteiger partial charge is 0.481 e. The quantitative estimate of drug-likeness (QED) is 0.135. The number of nitrogens with two attached hydrogens (primary N) is 1. The summed E-state index contributed by atoms with van der Waals surface area (Å²) in [4.78, 5) is 85.2. The van der Waals surface area contributed by atoms with Gasteiger partial charge in [0.25, 0.3) is 0 Å². The predicted molar refractivity (Wildman–Crippen MR) is 199 cm³/mol. The van der Waals surface area contributed by atoms with Crippen LogP contribution in [0.1, 0.15) is 70.4 Å². The second-order valence-electron chi connectivity index (χ2n) is 14.6. The van der Waals surface area contributed by atoms with Crippen LogP contribution in [0.2, 0.25) is 0 Å². The number of ketones is 1. The molecule has 0 aliphatic carbocycles. The molecule has 4 rings (SSSR count). The number of carbonyl (C=O) groups is 6. The van der Waals surface area contributed by atoms with Crippen molar-refractivity contribution in [3.63, 3.8) is 0 Å². The number of Topliss-reactive ketones (excluding diaryl/α,β-unsaturated/α-hetero) is 1. The van der Waals surface area contributed by atoms with Crippen molar-refractivity contribution in [1.29, 1.82) is 0 Å². The number of H-pyrrole nitrogens is 1. The number of aliphatic carboxylic acids is 1. The number of likely N-dealkylation sites (tertiary alicyclic amines) is 1. The van der Waals surface area contributed by atoms with Crippen molar-refractivity contribution in [2.75, 3.05) is 20.1 Å². The van der Waals surface area contributed by atoms with Gasteiger partial charge in [-0.15, -0.1) is 0 Å². The summed E-state index contributed by atoms with van der Waals surface area (Å²) in [7, 11) is 1.51. The van der Waals surface area contributed by atoms with E-state index in [2.05, 4.69) is 15.6 Å². The van der Waals surface area contributed by atoms with Gasteiger partial charge in [-0.1, -0.05) is 48.5 Å². The van der Waals surface area contributed by atoms with Crippen LogP contribution >= 0.6 is 0 Å². The maximum absolute atomic E-state index is 14.5. The van der Waals surface area contributed by atoms with E-state index >= 15 is 0 Å². The number of ether oxygens (including phenoxy) is 1. The van der Waals surface area contributed by atoms with E-state index in [1.807, 2.05) is 54.6 Å². The SMILES string of the molecule is CN(C(=O)OC(C)(C)C)[C@@H](Cc1ccccc1)C(=O)N1CCCC[C@H]1C(=O)N[C@@H](Cc1c[nH]c2ccccc12)C(=O)C[C@@H](CCCNC(N)=O)C(=O)O. The number of piperidine rings is 1. The second kappa shape index (κ2) is 18.4. The standard InChI is InChI=1S/C39H52N6O8/c1-39(2,3)53-38(52)44(4)32(21-25-13-6-5-7-14-25)35(48)45-20-11-10-18-31(45)34(47)43-30(22-27-24-42-29-17-9-8-16-28(27)29)33(46)23-26(36(49)50)15-12-19-41-37(40)51/h5-9,13-14,16-17,24,26,30-32,42H,10-12,15,18-23H2,1-4H3,(H,43,47)(H,49,50)(H3,40,41,51)/t26-,30+,31+,32+/m1/s1. The lowest BCUT2D eigenvalue weighted by molar-refractivity contribution is -0.147. The Balaban J connectivity index is 1.60. The van der Waals surface area contributed by atoms with Gasteiger partial charge in [0.05, 0.1) is 12.0 Å². The summed E-state index contributed by atoms with van der Waals surface area (Å²) in [5, 5.41) is 16.1. The maximum atomic E-state index is 14.5. The van der Waals surface area contributed by atoms with Crippen LogP contribution in [0.25, 0.3) is 10.9 Å². The molecule has 2 aromatic carbocycles. The first kappa shape index (κ1) is 40.4. The number of hydrogen-bond donors (Lipinski definition) is 5. The highest BCUT2D eigenvalue weighted by molar-refractivity contribution is 5.96. The van der Waals surface area contributed by atoms with Gasteiger partial charge in [0.2, 0.25) is 11.8 Å². The summed E-state index contributed by atoms with van der Waals surface area (Å²) in [6.45, 7) is 5.65. The van der Waals surface area contributed by atoms with Crippen LogP contribution in [0, 0.1) is 5.92 Å². The number of rotatable bonds is 16. The predicted octanol–water partition coefficient (Wildman–Crippen LogP) is 4.16. The lowest BCUT2D eigenvalue weighted by Crippen LogP contribution is -2.60. The Bertz CT molecular complexity index is 1750. The first-order valence-corrected chi connectivity index (χ1v) is 18.1. The van der Waals surface area contributed by atoms with E-state index < -0.39 is 65.3 Å². The minimum Gasteiger partial charge on any atom is -0.481 e. The minimum absolute atomic E-state index is 0.0861. The van der Waals surface area contributed by atoms with Crippen molar-refractivity contribution in [2.45, 2.75) is 95.9 Å². The molecule has 1 aliphatic rings. The number of carboxylic acid groups (broad SMARTS) is 1. The number of para-hydroxylation sites is 1. The van der Waals surface area contributed by atoms with E-state index in [-0.39, 0.29) is 45.2 Å². The molecule has 1 aliphatic heterocycles. The van der Waals surface area contributed by atoms with Crippen LogP contribution in [-0.2, 0) is 36.8 Å². The maximum Gasteiger partial charge on any atom is 0.410 e. The van der Waals surface area contributed by atoms with Gasteiger partial charge in [0, 0.05) is 56.5 Å². The topological polar surface area (TPSA) is 204 Å². The summed E-state index contributed by atoms with van der Waals surface area (Å²) in [5.41, 5.74) is 6.74. The molecular formula is C39H52N6O8. The number of likely N-dealkylation sites (N-methyl/N-ethyl adjacent to an activating group) is 1. The van der Waals surface area contributed by atoms with Crippen LogP contribution in [0.5, 0.6) is 0 Å². The van der Waals surface area contributed by atoms with Gasteiger partial charge in [0.1, 0.15) is 17.7 Å². The van der Waals surface area contributed by atoms with Crippen LogP contribution in [0.3, 0.4) is 0 Å². The Kier molecular flexibility index (Phi) is 14.0.